The second-order valence-corrected chi connectivity index (χ2v) is 17.1. The van der Waals surface area contributed by atoms with Crippen molar-refractivity contribution >= 4 is 19.8 Å². The summed E-state index contributed by atoms with van der Waals surface area (Å²) in [6.07, 6.45) is 50.4. The van der Waals surface area contributed by atoms with Crippen LogP contribution in [0.15, 0.2) is 85.1 Å². The van der Waals surface area contributed by atoms with Crippen molar-refractivity contribution in [3.8, 4) is 0 Å². The van der Waals surface area contributed by atoms with E-state index in [4.69, 9.17) is 18.5 Å². The Bertz CT molecular complexity index is 1260. The van der Waals surface area contributed by atoms with Gasteiger partial charge in [-0.25, -0.2) is 0 Å². The highest BCUT2D eigenvalue weighted by Gasteiger charge is 2.21. The molecule has 10 heteroatoms. The first-order valence-corrected chi connectivity index (χ1v) is 23.8. The third-order valence-electron chi connectivity index (χ3n) is 8.89. The number of hydrogen-bond donors (Lipinski definition) is 0. The van der Waals surface area contributed by atoms with Gasteiger partial charge in [0.15, 0.2) is 6.10 Å². The molecular weight excluding hydrogens is 750 g/mol. The van der Waals surface area contributed by atoms with Gasteiger partial charge < -0.3 is 27.9 Å². The van der Waals surface area contributed by atoms with Crippen LogP contribution in [0.25, 0.3) is 0 Å². The van der Waals surface area contributed by atoms with Gasteiger partial charge in [0, 0.05) is 12.8 Å². The average Bonchev–Trinajstić information content (AvgIpc) is 3.17. The lowest BCUT2D eigenvalue weighted by atomic mass is 10.1. The van der Waals surface area contributed by atoms with Crippen LogP contribution in [0.4, 0.5) is 0 Å². The lowest BCUT2D eigenvalue weighted by molar-refractivity contribution is -0.870. The molecule has 0 saturated carbocycles. The van der Waals surface area contributed by atoms with Gasteiger partial charge in [0.05, 0.1) is 27.7 Å². The van der Waals surface area contributed by atoms with Crippen molar-refractivity contribution in [2.75, 3.05) is 47.5 Å². The fourth-order valence-electron chi connectivity index (χ4n) is 5.35. The molecule has 0 N–H and O–H groups in total. The minimum atomic E-state index is -4.65. The van der Waals surface area contributed by atoms with E-state index in [1.165, 1.54) is 44.9 Å². The SMILES string of the molecule is CCCCC/C=C/C/C=C/C/C=C/C/C=C/CCCCCC(=O)O[C@H](COC(=O)CCCC/C=C/C/C=C/C/C=C/CCCCC)COP(=O)([O-])OCC[N+](C)(C)C. The van der Waals surface area contributed by atoms with Gasteiger partial charge in [-0.3, -0.25) is 14.2 Å². The maximum absolute atomic E-state index is 12.7. The molecule has 0 aromatic heterocycles. The van der Waals surface area contributed by atoms with E-state index in [9.17, 15) is 19.0 Å². The molecule has 9 nitrogen and oxygen atoms in total. The summed E-state index contributed by atoms with van der Waals surface area (Å²) >= 11 is 0. The molecule has 0 fully saturated rings. The lowest BCUT2D eigenvalue weighted by Gasteiger charge is -2.28. The molecule has 0 rings (SSSR count). The Labute approximate surface area is 354 Å². The van der Waals surface area contributed by atoms with Gasteiger partial charge in [-0.1, -0.05) is 131 Å². The molecule has 1 unspecified atom stereocenters. The average molecular weight is 832 g/mol. The molecule has 0 aromatic rings. The maximum atomic E-state index is 12.7. The Hall–Kier alpha value is -2.81. The van der Waals surface area contributed by atoms with Crippen molar-refractivity contribution < 1.29 is 42.1 Å². The Morgan fingerprint density at radius 1 is 0.534 bits per heavy atom. The lowest BCUT2D eigenvalue weighted by Crippen LogP contribution is -2.37. The Kier molecular flexibility index (Phi) is 37.7. The zero-order valence-corrected chi connectivity index (χ0v) is 38.1. The van der Waals surface area contributed by atoms with E-state index in [2.05, 4.69) is 98.9 Å². The number of phosphoric acid groups is 1. The summed E-state index contributed by atoms with van der Waals surface area (Å²) in [5.41, 5.74) is 0. The van der Waals surface area contributed by atoms with Gasteiger partial charge in [0.2, 0.25) is 0 Å². The molecule has 0 radical (unpaired) electrons. The molecule has 0 bridgehead atoms. The van der Waals surface area contributed by atoms with Crippen LogP contribution < -0.4 is 4.89 Å². The van der Waals surface area contributed by atoms with Crippen LogP contribution in [-0.2, 0) is 32.7 Å². The molecule has 58 heavy (non-hydrogen) atoms. The minimum Gasteiger partial charge on any atom is -0.756 e. The first-order chi connectivity index (χ1) is 28.0. The third kappa shape index (κ3) is 42.8. The van der Waals surface area contributed by atoms with Gasteiger partial charge in [0.1, 0.15) is 19.8 Å². The van der Waals surface area contributed by atoms with E-state index in [-0.39, 0.29) is 26.1 Å². The van der Waals surface area contributed by atoms with Crippen molar-refractivity contribution in [2.24, 2.45) is 0 Å². The number of hydrogen-bond acceptors (Lipinski definition) is 8. The molecule has 2 atom stereocenters. The first-order valence-electron chi connectivity index (χ1n) is 22.3. The molecule has 0 saturated heterocycles. The Balaban J connectivity index is 4.51. The smallest absolute Gasteiger partial charge is 0.306 e. The van der Waals surface area contributed by atoms with Crippen molar-refractivity contribution in [3.63, 3.8) is 0 Å². The van der Waals surface area contributed by atoms with Crippen LogP contribution in [0.3, 0.4) is 0 Å². The van der Waals surface area contributed by atoms with E-state index in [1.807, 2.05) is 21.1 Å². The Morgan fingerprint density at radius 2 is 0.931 bits per heavy atom. The normalized spacial score (nSPS) is 14.4. The van der Waals surface area contributed by atoms with E-state index >= 15 is 0 Å². The monoisotopic (exact) mass is 832 g/mol. The first kappa shape index (κ1) is 55.2. The number of allylic oxidation sites excluding steroid dienone is 14. The summed E-state index contributed by atoms with van der Waals surface area (Å²) < 4.78 is 33.8. The second kappa shape index (κ2) is 39.6. The number of quaternary nitrogens is 1. The number of unbranched alkanes of at least 4 members (excludes halogenated alkanes) is 11. The number of phosphoric ester groups is 1. The van der Waals surface area contributed by atoms with Crippen molar-refractivity contribution in [2.45, 2.75) is 161 Å². The molecule has 0 amide bonds. The third-order valence-corrected chi connectivity index (χ3v) is 9.85. The number of carbonyl (C=O) groups is 2. The fourth-order valence-corrected chi connectivity index (χ4v) is 6.08. The summed E-state index contributed by atoms with van der Waals surface area (Å²) in [5.74, 6) is -0.924. The molecule has 0 aliphatic rings. The number of ether oxygens (including phenoxy) is 2. The Morgan fingerprint density at radius 3 is 1.38 bits per heavy atom. The van der Waals surface area contributed by atoms with E-state index in [1.54, 1.807) is 0 Å². The number of carbonyl (C=O) groups excluding carboxylic acids is 2. The zero-order valence-electron chi connectivity index (χ0n) is 37.2. The number of nitrogens with zero attached hydrogens (tertiary/aromatic N) is 1. The van der Waals surface area contributed by atoms with Crippen LogP contribution in [0.1, 0.15) is 155 Å². The van der Waals surface area contributed by atoms with Gasteiger partial charge in [0.25, 0.3) is 7.82 Å². The minimum absolute atomic E-state index is 0.0481. The summed E-state index contributed by atoms with van der Waals surface area (Å²) in [6, 6.07) is 0. The van der Waals surface area contributed by atoms with Gasteiger partial charge in [-0.2, -0.15) is 0 Å². The van der Waals surface area contributed by atoms with Gasteiger partial charge >= 0.3 is 11.9 Å². The summed E-state index contributed by atoms with van der Waals surface area (Å²) in [7, 11) is 1.11. The van der Waals surface area contributed by atoms with Crippen LogP contribution in [0.5, 0.6) is 0 Å². The molecule has 0 spiro atoms. The highest BCUT2D eigenvalue weighted by atomic mass is 31.2. The molecule has 332 valence electrons. The summed E-state index contributed by atoms with van der Waals surface area (Å²) in [6.45, 7) is 4.06. The topological polar surface area (TPSA) is 111 Å². The van der Waals surface area contributed by atoms with E-state index < -0.39 is 32.5 Å². The number of likely N-dealkylation sites (N-methyl/N-ethyl adjacent to an activating group) is 1. The predicted molar refractivity (Wildman–Crippen MR) is 240 cm³/mol. The fraction of sp³-hybridized carbons (Fsp3) is 0.667. The van der Waals surface area contributed by atoms with E-state index in [0.29, 0.717) is 23.9 Å². The predicted octanol–water partition coefficient (Wildman–Crippen LogP) is 12.2. The molecular formula is C48H82NO8P. The quantitative estimate of drug-likeness (QED) is 0.0198. The van der Waals surface area contributed by atoms with E-state index in [0.717, 1.165) is 70.6 Å². The highest BCUT2D eigenvalue weighted by molar-refractivity contribution is 7.45. The molecule has 0 aliphatic carbocycles. The van der Waals surface area contributed by atoms with Crippen molar-refractivity contribution in [1.29, 1.82) is 0 Å². The van der Waals surface area contributed by atoms with Gasteiger partial charge in [-0.05, 0) is 96.3 Å². The second-order valence-electron chi connectivity index (χ2n) is 15.7. The highest BCUT2D eigenvalue weighted by Crippen LogP contribution is 2.38. The van der Waals surface area contributed by atoms with Crippen LogP contribution in [0.2, 0.25) is 0 Å². The van der Waals surface area contributed by atoms with Crippen molar-refractivity contribution in [3.05, 3.63) is 85.1 Å². The largest absolute Gasteiger partial charge is 0.756 e. The van der Waals surface area contributed by atoms with Crippen molar-refractivity contribution in [1.82, 2.24) is 0 Å². The molecule has 0 aromatic carbocycles. The number of esters is 2. The summed E-state index contributed by atoms with van der Waals surface area (Å²) in [5, 5.41) is 0. The van der Waals surface area contributed by atoms with Gasteiger partial charge in [-0.15, -0.1) is 0 Å². The maximum Gasteiger partial charge on any atom is 0.306 e. The van der Waals surface area contributed by atoms with Crippen LogP contribution >= 0.6 is 7.82 Å². The summed E-state index contributed by atoms with van der Waals surface area (Å²) in [4.78, 5) is 37.5. The molecule has 0 aliphatic heterocycles. The van der Waals surface area contributed by atoms with Crippen LogP contribution in [0, 0.1) is 0 Å². The number of rotatable bonds is 39. The molecule has 0 heterocycles. The zero-order chi connectivity index (χ0) is 42.8. The standard InChI is InChI=1S/C48H82NO8P/c1-6-8-10-12-14-16-18-20-22-23-24-25-27-29-31-33-35-37-39-41-48(51)57-46(45-56-58(52,53)55-43-42-49(3,4)5)44-54-47(50)40-38-36-34-32-30-28-26-21-19-17-15-13-11-9-7-2/h14-17,20-22,24-26,29-32,46H,6-13,18-19,23,27-28,33-45H2,1-5H3/b16-14+,17-15+,22-20+,25-24+,26-21+,31-29+,32-30+/t46-/m1/s1. The van der Waals surface area contributed by atoms with Crippen LogP contribution in [-0.4, -0.2) is 70.0 Å².